The molecule has 1 N–H and O–H groups in total. The SMILES string of the molecule is CCN(c1cc(OC)ccc1C(=O)O)C1CCCC1. The first-order valence-electron chi connectivity index (χ1n) is 6.85. The Bertz CT molecular complexity index is 453. The van der Waals surface area contributed by atoms with Crippen LogP contribution >= 0.6 is 0 Å². The van der Waals surface area contributed by atoms with E-state index in [0.29, 0.717) is 17.4 Å². The van der Waals surface area contributed by atoms with Gasteiger partial charge in [0.05, 0.1) is 18.4 Å². The molecule has 0 unspecified atom stereocenters. The monoisotopic (exact) mass is 263 g/mol. The van der Waals surface area contributed by atoms with Crippen molar-refractivity contribution in [3.05, 3.63) is 23.8 Å². The van der Waals surface area contributed by atoms with Crippen LogP contribution in [0.15, 0.2) is 18.2 Å². The molecule has 104 valence electrons. The summed E-state index contributed by atoms with van der Waals surface area (Å²) in [7, 11) is 1.60. The number of carboxylic acid groups (broad SMARTS) is 1. The largest absolute Gasteiger partial charge is 0.497 e. The van der Waals surface area contributed by atoms with E-state index in [1.165, 1.54) is 12.8 Å². The van der Waals surface area contributed by atoms with Crippen molar-refractivity contribution in [1.82, 2.24) is 0 Å². The number of ether oxygens (including phenoxy) is 1. The molecule has 2 rings (SSSR count). The average molecular weight is 263 g/mol. The summed E-state index contributed by atoms with van der Waals surface area (Å²) in [6.07, 6.45) is 4.75. The maximum absolute atomic E-state index is 11.4. The molecular weight excluding hydrogens is 242 g/mol. The number of nitrogens with zero attached hydrogens (tertiary/aromatic N) is 1. The molecule has 1 saturated carbocycles. The summed E-state index contributed by atoms with van der Waals surface area (Å²) in [5.74, 6) is -0.175. The second-order valence-electron chi connectivity index (χ2n) is 4.91. The Morgan fingerprint density at radius 3 is 2.63 bits per heavy atom. The van der Waals surface area contributed by atoms with Gasteiger partial charge in [0.15, 0.2) is 0 Å². The average Bonchev–Trinajstić information content (AvgIpc) is 2.93. The van der Waals surface area contributed by atoms with Crippen molar-refractivity contribution >= 4 is 11.7 Å². The number of anilines is 1. The molecular formula is C15H21NO3. The van der Waals surface area contributed by atoms with E-state index in [9.17, 15) is 9.90 Å². The summed E-state index contributed by atoms with van der Waals surface area (Å²) in [6, 6.07) is 5.63. The molecule has 1 aromatic rings. The number of hydrogen-bond acceptors (Lipinski definition) is 3. The molecule has 4 heteroatoms. The van der Waals surface area contributed by atoms with E-state index >= 15 is 0 Å². The molecule has 1 aromatic carbocycles. The molecule has 1 aliphatic rings. The summed E-state index contributed by atoms with van der Waals surface area (Å²) >= 11 is 0. The molecule has 0 aromatic heterocycles. The smallest absolute Gasteiger partial charge is 0.337 e. The molecule has 0 amide bonds. The van der Waals surface area contributed by atoms with Gasteiger partial charge in [0, 0.05) is 18.7 Å². The van der Waals surface area contributed by atoms with Gasteiger partial charge in [-0.25, -0.2) is 4.79 Å². The van der Waals surface area contributed by atoms with Gasteiger partial charge in [-0.15, -0.1) is 0 Å². The second kappa shape index (κ2) is 5.95. The van der Waals surface area contributed by atoms with Crippen LogP contribution in [0.3, 0.4) is 0 Å². The van der Waals surface area contributed by atoms with Crippen molar-refractivity contribution in [1.29, 1.82) is 0 Å². The van der Waals surface area contributed by atoms with E-state index < -0.39 is 5.97 Å². The fourth-order valence-corrected chi connectivity index (χ4v) is 2.90. The van der Waals surface area contributed by atoms with E-state index in [2.05, 4.69) is 11.8 Å². The highest BCUT2D eigenvalue weighted by atomic mass is 16.5. The van der Waals surface area contributed by atoms with Gasteiger partial charge < -0.3 is 14.7 Å². The quantitative estimate of drug-likeness (QED) is 0.886. The predicted molar refractivity (Wildman–Crippen MR) is 75.2 cm³/mol. The molecule has 0 spiro atoms. The number of benzene rings is 1. The minimum atomic E-state index is -0.880. The Morgan fingerprint density at radius 1 is 1.42 bits per heavy atom. The number of carbonyl (C=O) groups is 1. The second-order valence-corrected chi connectivity index (χ2v) is 4.91. The number of hydrogen-bond donors (Lipinski definition) is 1. The highest BCUT2D eigenvalue weighted by Gasteiger charge is 2.25. The number of rotatable bonds is 5. The third-order valence-corrected chi connectivity index (χ3v) is 3.85. The highest BCUT2D eigenvalue weighted by Crippen LogP contribution is 2.32. The summed E-state index contributed by atoms with van der Waals surface area (Å²) in [6.45, 7) is 2.89. The molecule has 0 heterocycles. The van der Waals surface area contributed by atoms with Crippen LogP contribution in [0.5, 0.6) is 5.75 Å². The van der Waals surface area contributed by atoms with Gasteiger partial charge in [0.1, 0.15) is 5.75 Å². The predicted octanol–water partition coefficient (Wildman–Crippen LogP) is 3.16. The van der Waals surface area contributed by atoms with Crippen molar-refractivity contribution < 1.29 is 14.6 Å². The fraction of sp³-hybridized carbons (Fsp3) is 0.533. The summed E-state index contributed by atoms with van der Waals surface area (Å²) in [5, 5.41) is 9.35. The van der Waals surface area contributed by atoms with Crippen LogP contribution in [0.25, 0.3) is 0 Å². The Labute approximate surface area is 114 Å². The zero-order valence-electron chi connectivity index (χ0n) is 11.6. The van der Waals surface area contributed by atoms with Crippen LogP contribution in [0.4, 0.5) is 5.69 Å². The number of methoxy groups -OCH3 is 1. The van der Waals surface area contributed by atoms with Gasteiger partial charge in [-0.2, -0.15) is 0 Å². The van der Waals surface area contributed by atoms with Crippen molar-refractivity contribution in [3.63, 3.8) is 0 Å². The lowest BCUT2D eigenvalue weighted by atomic mass is 10.1. The molecule has 1 aliphatic carbocycles. The first kappa shape index (κ1) is 13.7. The van der Waals surface area contributed by atoms with Gasteiger partial charge in [0.25, 0.3) is 0 Å². The minimum absolute atomic E-state index is 0.356. The highest BCUT2D eigenvalue weighted by molar-refractivity contribution is 5.95. The van der Waals surface area contributed by atoms with Crippen molar-refractivity contribution in [2.45, 2.75) is 38.6 Å². The first-order valence-corrected chi connectivity index (χ1v) is 6.85. The zero-order valence-corrected chi connectivity index (χ0v) is 11.6. The number of carboxylic acids is 1. The molecule has 0 radical (unpaired) electrons. The van der Waals surface area contributed by atoms with Crippen molar-refractivity contribution in [2.75, 3.05) is 18.6 Å². The van der Waals surface area contributed by atoms with E-state index in [-0.39, 0.29) is 0 Å². The van der Waals surface area contributed by atoms with Crippen molar-refractivity contribution in [2.24, 2.45) is 0 Å². The summed E-state index contributed by atoms with van der Waals surface area (Å²) in [5.41, 5.74) is 1.14. The molecule has 0 aliphatic heterocycles. The fourth-order valence-electron chi connectivity index (χ4n) is 2.90. The zero-order chi connectivity index (χ0) is 13.8. The van der Waals surface area contributed by atoms with E-state index in [1.807, 2.05) is 6.07 Å². The normalized spacial score (nSPS) is 15.5. The first-order chi connectivity index (χ1) is 9.17. The molecule has 0 saturated heterocycles. The van der Waals surface area contributed by atoms with E-state index in [1.54, 1.807) is 19.2 Å². The maximum atomic E-state index is 11.4. The summed E-state index contributed by atoms with van der Waals surface area (Å²) in [4.78, 5) is 13.6. The Kier molecular flexibility index (Phi) is 4.30. The van der Waals surface area contributed by atoms with Gasteiger partial charge in [-0.3, -0.25) is 0 Å². The maximum Gasteiger partial charge on any atom is 0.337 e. The third-order valence-electron chi connectivity index (χ3n) is 3.85. The van der Waals surface area contributed by atoms with Crippen LogP contribution in [-0.2, 0) is 0 Å². The lowest BCUT2D eigenvalue weighted by Crippen LogP contribution is -2.34. The van der Waals surface area contributed by atoms with Gasteiger partial charge in [-0.05, 0) is 31.9 Å². The van der Waals surface area contributed by atoms with Crippen LogP contribution in [-0.4, -0.2) is 30.8 Å². The topological polar surface area (TPSA) is 49.8 Å². The number of aromatic carboxylic acids is 1. The Morgan fingerprint density at radius 2 is 2.11 bits per heavy atom. The molecule has 0 atom stereocenters. The van der Waals surface area contributed by atoms with Gasteiger partial charge >= 0.3 is 5.97 Å². The standard InChI is InChI=1S/C15H21NO3/c1-3-16(11-6-4-5-7-11)14-10-12(19-2)8-9-13(14)15(17)18/h8-11H,3-7H2,1-2H3,(H,17,18). The Balaban J connectivity index is 2.40. The molecule has 4 nitrogen and oxygen atoms in total. The van der Waals surface area contributed by atoms with Crippen LogP contribution in [0.1, 0.15) is 43.0 Å². The summed E-state index contributed by atoms with van der Waals surface area (Å²) < 4.78 is 5.23. The lowest BCUT2D eigenvalue weighted by Gasteiger charge is -2.31. The lowest BCUT2D eigenvalue weighted by molar-refractivity contribution is 0.0697. The molecule has 1 fully saturated rings. The minimum Gasteiger partial charge on any atom is -0.497 e. The van der Waals surface area contributed by atoms with Crippen molar-refractivity contribution in [3.8, 4) is 5.75 Å². The Hall–Kier alpha value is -1.71. The van der Waals surface area contributed by atoms with Gasteiger partial charge in [0.2, 0.25) is 0 Å². The van der Waals surface area contributed by atoms with Crippen LogP contribution in [0, 0.1) is 0 Å². The van der Waals surface area contributed by atoms with Crippen LogP contribution in [0.2, 0.25) is 0 Å². The van der Waals surface area contributed by atoms with Crippen LogP contribution < -0.4 is 9.64 Å². The van der Waals surface area contributed by atoms with E-state index in [4.69, 9.17) is 4.74 Å². The third kappa shape index (κ3) is 2.83. The van der Waals surface area contributed by atoms with Gasteiger partial charge in [-0.1, -0.05) is 12.8 Å². The molecule has 0 bridgehead atoms. The van der Waals surface area contributed by atoms with E-state index in [0.717, 1.165) is 25.1 Å². The molecule has 19 heavy (non-hydrogen) atoms.